The molecule has 0 amide bonds. The first-order valence-corrected chi connectivity index (χ1v) is 10.2. The van der Waals surface area contributed by atoms with Crippen molar-refractivity contribution in [1.82, 2.24) is 9.88 Å². The van der Waals surface area contributed by atoms with Crippen molar-refractivity contribution in [3.63, 3.8) is 0 Å². The van der Waals surface area contributed by atoms with Gasteiger partial charge in [0.15, 0.2) is 5.78 Å². The average Bonchev–Trinajstić information content (AvgIpc) is 3.24. The van der Waals surface area contributed by atoms with Crippen LogP contribution in [0.4, 0.5) is 0 Å². The zero-order valence-electron chi connectivity index (χ0n) is 15.4. The van der Waals surface area contributed by atoms with Crippen molar-refractivity contribution in [2.75, 3.05) is 19.6 Å². The molecule has 0 unspecified atom stereocenters. The summed E-state index contributed by atoms with van der Waals surface area (Å²) in [4.78, 5) is 20.6. The highest BCUT2D eigenvalue weighted by atomic mass is 32.1. The molecule has 4 heteroatoms. The Bertz CT molecular complexity index is 716. The summed E-state index contributed by atoms with van der Waals surface area (Å²) in [7, 11) is 0. The third kappa shape index (κ3) is 4.99. The number of carbonyl (C=O) groups excluding carboxylic acids is 1. The van der Waals surface area contributed by atoms with Crippen molar-refractivity contribution < 1.29 is 4.79 Å². The molecule has 2 heterocycles. The number of nitrogens with zero attached hydrogens (tertiary/aromatic N) is 2. The van der Waals surface area contributed by atoms with Crippen LogP contribution in [0, 0.1) is 13.8 Å². The van der Waals surface area contributed by atoms with Crippen molar-refractivity contribution >= 4 is 17.1 Å². The second-order valence-electron chi connectivity index (χ2n) is 7.09. The summed E-state index contributed by atoms with van der Waals surface area (Å²) in [6, 6.07) is 8.32. The fourth-order valence-electron chi connectivity index (χ4n) is 3.47. The number of unbranched alkanes of at least 4 members (excludes halogenated alkanes) is 2. The monoisotopic (exact) mass is 356 g/mol. The topological polar surface area (TPSA) is 33.2 Å². The molecule has 0 radical (unpaired) electrons. The molecule has 0 spiro atoms. The van der Waals surface area contributed by atoms with Crippen LogP contribution in [0.2, 0.25) is 0 Å². The van der Waals surface area contributed by atoms with Gasteiger partial charge < -0.3 is 4.90 Å². The van der Waals surface area contributed by atoms with E-state index in [0.717, 1.165) is 34.0 Å². The fraction of sp³-hybridized carbons (Fsp3) is 0.524. The highest BCUT2D eigenvalue weighted by Crippen LogP contribution is 2.29. The lowest BCUT2D eigenvalue weighted by Crippen LogP contribution is -2.20. The molecule has 2 aromatic rings. The minimum atomic E-state index is 0.259. The number of likely N-dealkylation sites (tertiary alicyclic amines) is 1. The molecule has 3 nitrogen and oxygen atoms in total. The van der Waals surface area contributed by atoms with Gasteiger partial charge in [-0.1, -0.05) is 30.2 Å². The largest absolute Gasteiger partial charge is 0.303 e. The number of ketones is 1. The quantitative estimate of drug-likeness (QED) is 0.477. The maximum absolute atomic E-state index is 12.6. The molecule has 0 saturated carbocycles. The van der Waals surface area contributed by atoms with Crippen LogP contribution in [0.3, 0.4) is 0 Å². The number of benzene rings is 1. The Morgan fingerprint density at radius 3 is 2.72 bits per heavy atom. The van der Waals surface area contributed by atoms with Gasteiger partial charge in [0.25, 0.3) is 0 Å². The molecule has 1 aliphatic heterocycles. The maximum Gasteiger partial charge on any atom is 0.174 e. The molecule has 1 saturated heterocycles. The Hall–Kier alpha value is -1.52. The Morgan fingerprint density at radius 1 is 1.16 bits per heavy atom. The van der Waals surface area contributed by atoms with Crippen LogP contribution >= 0.6 is 11.3 Å². The number of aromatic nitrogens is 1. The van der Waals surface area contributed by atoms with Gasteiger partial charge in [0.1, 0.15) is 5.01 Å². The third-order valence-electron chi connectivity index (χ3n) is 4.89. The highest BCUT2D eigenvalue weighted by molar-refractivity contribution is 7.17. The second-order valence-corrected chi connectivity index (χ2v) is 8.08. The standard InChI is InChI=1S/C21H28N2OS/c1-16-9-8-10-18(15-16)21-22-17(2)20(25-21)19(24)11-4-3-5-12-23-13-6-7-14-23/h8-10,15H,3-7,11-14H2,1-2H3. The molecule has 25 heavy (non-hydrogen) atoms. The van der Waals surface area contributed by atoms with Gasteiger partial charge in [-0.3, -0.25) is 4.79 Å². The van der Waals surface area contributed by atoms with E-state index >= 15 is 0 Å². The average molecular weight is 357 g/mol. The van der Waals surface area contributed by atoms with Crippen molar-refractivity contribution in [3.05, 3.63) is 40.4 Å². The lowest BCUT2D eigenvalue weighted by molar-refractivity contribution is 0.0982. The SMILES string of the molecule is Cc1cccc(-c2nc(C)c(C(=O)CCCCCN3CCCC3)s2)c1. The molecule has 1 aromatic heterocycles. The Kier molecular flexibility index (Phi) is 6.38. The van der Waals surface area contributed by atoms with Crippen LogP contribution in [-0.2, 0) is 0 Å². The predicted molar refractivity (Wildman–Crippen MR) is 105 cm³/mol. The van der Waals surface area contributed by atoms with E-state index in [1.807, 2.05) is 13.0 Å². The first kappa shape index (κ1) is 18.3. The van der Waals surface area contributed by atoms with Crippen LogP contribution in [-0.4, -0.2) is 35.3 Å². The van der Waals surface area contributed by atoms with Crippen LogP contribution in [0.1, 0.15) is 59.5 Å². The van der Waals surface area contributed by atoms with E-state index in [9.17, 15) is 4.79 Å². The van der Waals surface area contributed by atoms with Crippen molar-refractivity contribution in [2.45, 2.75) is 52.4 Å². The van der Waals surface area contributed by atoms with Crippen LogP contribution in [0.25, 0.3) is 10.6 Å². The molecule has 1 aliphatic rings. The van der Waals surface area contributed by atoms with Crippen molar-refractivity contribution in [2.24, 2.45) is 0 Å². The van der Waals surface area contributed by atoms with E-state index in [4.69, 9.17) is 0 Å². The van der Waals surface area contributed by atoms with Gasteiger partial charge in [-0.15, -0.1) is 11.3 Å². The van der Waals surface area contributed by atoms with E-state index in [1.54, 1.807) is 11.3 Å². The fourth-order valence-corrected chi connectivity index (χ4v) is 4.50. The molecule has 1 fully saturated rings. The zero-order valence-corrected chi connectivity index (χ0v) is 16.2. The first-order chi connectivity index (χ1) is 12.1. The number of Topliss-reactive ketones (excluding diaryl/α,β-unsaturated/α-hetero) is 1. The predicted octanol–water partition coefficient (Wildman–Crippen LogP) is 5.27. The van der Waals surface area contributed by atoms with E-state index < -0.39 is 0 Å². The second kappa shape index (κ2) is 8.72. The molecule has 0 N–H and O–H groups in total. The number of rotatable bonds is 8. The van der Waals surface area contributed by atoms with Crippen LogP contribution in [0.5, 0.6) is 0 Å². The van der Waals surface area contributed by atoms with Crippen molar-refractivity contribution in [1.29, 1.82) is 0 Å². The molecular weight excluding hydrogens is 328 g/mol. The van der Waals surface area contributed by atoms with Gasteiger partial charge in [-0.25, -0.2) is 4.98 Å². The minimum Gasteiger partial charge on any atom is -0.303 e. The van der Waals surface area contributed by atoms with Gasteiger partial charge in [-0.05, 0) is 65.2 Å². The van der Waals surface area contributed by atoms with Crippen molar-refractivity contribution in [3.8, 4) is 10.6 Å². The molecule has 3 rings (SSSR count). The first-order valence-electron chi connectivity index (χ1n) is 9.43. The third-order valence-corrected chi connectivity index (χ3v) is 6.14. The smallest absolute Gasteiger partial charge is 0.174 e. The summed E-state index contributed by atoms with van der Waals surface area (Å²) < 4.78 is 0. The van der Waals surface area contributed by atoms with Gasteiger partial charge in [0.2, 0.25) is 0 Å². The van der Waals surface area contributed by atoms with Gasteiger partial charge in [-0.2, -0.15) is 0 Å². The van der Waals surface area contributed by atoms with E-state index in [-0.39, 0.29) is 5.78 Å². The number of aryl methyl sites for hydroxylation is 2. The summed E-state index contributed by atoms with van der Waals surface area (Å²) in [5.74, 6) is 0.259. The van der Waals surface area contributed by atoms with Gasteiger partial charge in [0.05, 0.1) is 10.6 Å². The lowest BCUT2D eigenvalue weighted by atomic mass is 10.1. The van der Waals surface area contributed by atoms with Gasteiger partial charge >= 0.3 is 0 Å². The molecule has 0 atom stereocenters. The Morgan fingerprint density at radius 2 is 1.96 bits per heavy atom. The zero-order chi connectivity index (χ0) is 17.6. The summed E-state index contributed by atoms with van der Waals surface area (Å²) in [5, 5.41) is 0.957. The molecule has 1 aromatic carbocycles. The summed E-state index contributed by atoms with van der Waals surface area (Å²) >= 11 is 1.54. The number of hydrogen-bond acceptors (Lipinski definition) is 4. The van der Waals surface area contributed by atoms with E-state index in [0.29, 0.717) is 6.42 Å². The molecule has 0 bridgehead atoms. The van der Waals surface area contributed by atoms with Crippen LogP contribution in [0.15, 0.2) is 24.3 Å². The molecule has 134 valence electrons. The Balaban J connectivity index is 1.50. The van der Waals surface area contributed by atoms with Crippen LogP contribution < -0.4 is 0 Å². The minimum absolute atomic E-state index is 0.259. The Labute approximate surface area is 155 Å². The number of hydrogen-bond donors (Lipinski definition) is 0. The summed E-state index contributed by atoms with van der Waals surface area (Å²) in [6.07, 6.45) is 6.70. The highest BCUT2D eigenvalue weighted by Gasteiger charge is 2.16. The maximum atomic E-state index is 12.6. The number of carbonyl (C=O) groups is 1. The summed E-state index contributed by atoms with van der Waals surface area (Å²) in [6.45, 7) is 7.77. The summed E-state index contributed by atoms with van der Waals surface area (Å²) in [5.41, 5.74) is 3.21. The molecular formula is C21H28N2OS. The normalized spacial score (nSPS) is 15.0. The number of thiazole rings is 1. The van der Waals surface area contributed by atoms with E-state index in [1.165, 1.54) is 44.5 Å². The van der Waals surface area contributed by atoms with Gasteiger partial charge in [0, 0.05) is 12.0 Å². The van der Waals surface area contributed by atoms with E-state index in [2.05, 4.69) is 35.0 Å². The lowest BCUT2D eigenvalue weighted by Gasteiger charge is -2.13. The molecule has 0 aliphatic carbocycles.